The summed E-state index contributed by atoms with van der Waals surface area (Å²) in [6.07, 6.45) is 6.38. The zero-order valence-electron chi connectivity index (χ0n) is 11.7. The summed E-state index contributed by atoms with van der Waals surface area (Å²) < 4.78 is 6.04. The number of hydrogen-bond acceptors (Lipinski definition) is 2. The lowest BCUT2D eigenvalue weighted by Gasteiger charge is -2.19. The molecule has 19 heavy (non-hydrogen) atoms. The van der Waals surface area contributed by atoms with Gasteiger partial charge in [0.1, 0.15) is 0 Å². The molecule has 0 radical (unpaired) electrons. The molecule has 1 fully saturated rings. The number of hydrogen-bond donors (Lipinski definition) is 1. The SMILES string of the molecule is CCCCCOC(CNC1CC1)c1ccc(Cl)cc1. The topological polar surface area (TPSA) is 21.3 Å². The van der Waals surface area contributed by atoms with E-state index in [4.69, 9.17) is 16.3 Å². The van der Waals surface area contributed by atoms with E-state index >= 15 is 0 Å². The fourth-order valence-corrected chi connectivity index (χ4v) is 2.22. The number of rotatable bonds is 9. The monoisotopic (exact) mass is 281 g/mol. The van der Waals surface area contributed by atoms with E-state index in [1.807, 2.05) is 12.1 Å². The van der Waals surface area contributed by atoms with Crippen molar-refractivity contribution >= 4 is 11.6 Å². The van der Waals surface area contributed by atoms with Crippen LogP contribution in [0.25, 0.3) is 0 Å². The van der Waals surface area contributed by atoms with Gasteiger partial charge in [-0.1, -0.05) is 43.5 Å². The van der Waals surface area contributed by atoms with Crippen molar-refractivity contribution in [2.75, 3.05) is 13.2 Å². The van der Waals surface area contributed by atoms with Gasteiger partial charge in [-0.15, -0.1) is 0 Å². The minimum Gasteiger partial charge on any atom is -0.372 e. The van der Waals surface area contributed by atoms with Crippen LogP contribution in [0.15, 0.2) is 24.3 Å². The van der Waals surface area contributed by atoms with Crippen molar-refractivity contribution in [3.63, 3.8) is 0 Å². The van der Waals surface area contributed by atoms with Crippen molar-refractivity contribution in [2.24, 2.45) is 0 Å². The Morgan fingerprint density at radius 2 is 2.00 bits per heavy atom. The van der Waals surface area contributed by atoms with Crippen LogP contribution in [-0.2, 0) is 4.74 Å². The average Bonchev–Trinajstić information content (AvgIpc) is 3.23. The van der Waals surface area contributed by atoms with Gasteiger partial charge in [-0.05, 0) is 37.0 Å². The molecule has 0 bridgehead atoms. The van der Waals surface area contributed by atoms with Gasteiger partial charge in [-0.3, -0.25) is 0 Å². The molecular formula is C16H24ClNO. The van der Waals surface area contributed by atoms with Crippen LogP contribution in [0.4, 0.5) is 0 Å². The molecule has 1 aromatic carbocycles. The quantitative estimate of drug-likeness (QED) is 0.680. The van der Waals surface area contributed by atoms with Crippen molar-refractivity contribution in [2.45, 2.75) is 51.2 Å². The predicted molar refractivity (Wildman–Crippen MR) is 80.7 cm³/mol. The first-order valence-electron chi connectivity index (χ1n) is 7.40. The first-order valence-corrected chi connectivity index (χ1v) is 7.78. The molecule has 1 aliphatic carbocycles. The van der Waals surface area contributed by atoms with Crippen molar-refractivity contribution in [1.82, 2.24) is 5.32 Å². The first-order chi connectivity index (χ1) is 9.29. The van der Waals surface area contributed by atoms with Crippen molar-refractivity contribution in [1.29, 1.82) is 0 Å². The lowest BCUT2D eigenvalue weighted by molar-refractivity contribution is 0.0497. The van der Waals surface area contributed by atoms with Gasteiger partial charge in [0.2, 0.25) is 0 Å². The fraction of sp³-hybridized carbons (Fsp3) is 0.625. The zero-order chi connectivity index (χ0) is 13.5. The smallest absolute Gasteiger partial charge is 0.0949 e. The highest BCUT2D eigenvalue weighted by Gasteiger charge is 2.22. The maximum absolute atomic E-state index is 6.04. The van der Waals surface area contributed by atoms with E-state index in [0.717, 1.165) is 24.6 Å². The fourth-order valence-electron chi connectivity index (χ4n) is 2.09. The van der Waals surface area contributed by atoms with Crippen LogP contribution in [0.5, 0.6) is 0 Å². The number of nitrogens with one attached hydrogen (secondary N) is 1. The molecular weight excluding hydrogens is 258 g/mol. The maximum atomic E-state index is 6.04. The summed E-state index contributed by atoms with van der Waals surface area (Å²) in [7, 11) is 0. The van der Waals surface area contributed by atoms with E-state index in [1.54, 1.807) is 0 Å². The summed E-state index contributed by atoms with van der Waals surface area (Å²) in [4.78, 5) is 0. The van der Waals surface area contributed by atoms with Crippen LogP contribution >= 0.6 is 11.6 Å². The molecule has 0 heterocycles. The molecule has 0 aromatic heterocycles. The van der Waals surface area contributed by atoms with Gasteiger partial charge < -0.3 is 10.1 Å². The molecule has 3 heteroatoms. The normalized spacial score (nSPS) is 16.5. The van der Waals surface area contributed by atoms with Crippen molar-refractivity contribution in [3.8, 4) is 0 Å². The van der Waals surface area contributed by atoms with E-state index in [0.29, 0.717) is 6.04 Å². The van der Waals surface area contributed by atoms with Crippen molar-refractivity contribution in [3.05, 3.63) is 34.9 Å². The van der Waals surface area contributed by atoms with Crippen LogP contribution < -0.4 is 5.32 Å². The van der Waals surface area contributed by atoms with Crippen LogP contribution in [0.2, 0.25) is 5.02 Å². The summed E-state index contributed by atoms with van der Waals surface area (Å²) >= 11 is 5.94. The van der Waals surface area contributed by atoms with Crippen LogP contribution in [0, 0.1) is 0 Å². The molecule has 0 saturated heterocycles. The molecule has 1 N–H and O–H groups in total. The Morgan fingerprint density at radius 3 is 2.63 bits per heavy atom. The van der Waals surface area contributed by atoms with E-state index < -0.39 is 0 Å². The Morgan fingerprint density at radius 1 is 1.26 bits per heavy atom. The van der Waals surface area contributed by atoms with E-state index in [2.05, 4.69) is 24.4 Å². The maximum Gasteiger partial charge on any atom is 0.0949 e. The minimum absolute atomic E-state index is 0.148. The molecule has 0 amide bonds. The Bertz CT molecular complexity index is 362. The Balaban J connectivity index is 1.85. The van der Waals surface area contributed by atoms with E-state index in [1.165, 1.54) is 31.2 Å². The minimum atomic E-state index is 0.148. The standard InChI is InChI=1S/C16H24ClNO/c1-2-3-4-11-19-16(12-18-15-9-10-15)13-5-7-14(17)8-6-13/h5-8,15-16,18H,2-4,9-12H2,1H3. The van der Waals surface area contributed by atoms with Gasteiger partial charge in [0.15, 0.2) is 0 Å². The highest BCUT2D eigenvalue weighted by Crippen LogP contribution is 2.23. The second kappa shape index (κ2) is 7.88. The lowest BCUT2D eigenvalue weighted by Crippen LogP contribution is -2.25. The Kier molecular flexibility index (Phi) is 6.15. The van der Waals surface area contributed by atoms with Gasteiger partial charge in [0, 0.05) is 24.2 Å². The molecule has 1 saturated carbocycles. The van der Waals surface area contributed by atoms with Gasteiger partial charge in [0.25, 0.3) is 0 Å². The van der Waals surface area contributed by atoms with Gasteiger partial charge >= 0.3 is 0 Å². The summed E-state index contributed by atoms with van der Waals surface area (Å²) in [5.74, 6) is 0. The van der Waals surface area contributed by atoms with Crippen LogP contribution in [0.3, 0.4) is 0 Å². The molecule has 1 atom stereocenters. The third-order valence-corrected chi connectivity index (χ3v) is 3.73. The Labute approximate surface area is 121 Å². The molecule has 106 valence electrons. The largest absolute Gasteiger partial charge is 0.372 e. The molecule has 2 nitrogen and oxygen atoms in total. The second-order valence-electron chi connectivity index (χ2n) is 5.30. The van der Waals surface area contributed by atoms with Gasteiger partial charge in [0.05, 0.1) is 6.10 Å². The summed E-state index contributed by atoms with van der Waals surface area (Å²) in [6.45, 7) is 3.96. The zero-order valence-corrected chi connectivity index (χ0v) is 12.5. The predicted octanol–water partition coefficient (Wildman–Crippen LogP) is 4.34. The average molecular weight is 282 g/mol. The van der Waals surface area contributed by atoms with Gasteiger partial charge in [-0.2, -0.15) is 0 Å². The summed E-state index contributed by atoms with van der Waals surface area (Å²) in [5.41, 5.74) is 1.22. The molecule has 1 aromatic rings. The van der Waals surface area contributed by atoms with Crippen molar-refractivity contribution < 1.29 is 4.74 Å². The first kappa shape index (κ1) is 14.8. The molecule has 2 rings (SSSR count). The number of benzene rings is 1. The van der Waals surface area contributed by atoms with Gasteiger partial charge in [-0.25, -0.2) is 0 Å². The second-order valence-corrected chi connectivity index (χ2v) is 5.74. The van der Waals surface area contributed by atoms with Crippen LogP contribution in [-0.4, -0.2) is 19.2 Å². The van der Waals surface area contributed by atoms with E-state index in [9.17, 15) is 0 Å². The third-order valence-electron chi connectivity index (χ3n) is 3.48. The highest BCUT2D eigenvalue weighted by atomic mass is 35.5. The summed E-state index contributed by atoms with van der Waals surface area (Å²) in [5, 5.41) is 4.33. The summed E-state index contributed by atoms with van der Waals surface area (Å²) in [6, 6.07) is 8.74. The number of ether oxygens (including phenoxy) is 1. The van der Waals surface area contributed by atoms with Crippen LogP contribution in [0.1, 0.15) is 50.7 Å². The number of unbranched alkanes of at least 4 members (excludes halogenated alkanes) is 2. The highest BCUT2D eigenvalue weighted by molar-refractivity contribution is 6.30. The lowest BCUT2D eigenvalue weighted by atomic mass is 10.1. The molecule has 1 aliphatic rings. The molecule has 0 spiro atoms. The van der Waals surface area contributed by atoms with E-state index in [-0.39, 0.29) is 6.10 Å². The molecule has 1 unspecified atom stereocenters. The number of halogens is 1. The molecule has 0 aliphatic heterocycles. The Hall–Kier alpha value is -0.570. The third kappa shape index (κ3) is 5.52.